The molecule has 1 aliphatic rings. The van der Waals surface area contributed by atoms with Crippen LogP contribution in [0.25, 0.3) is 0 Å². The molecule has 0 aliphatic carbocycles. The molecule has 0 aromatic carbocycles. The average Bonchev–Trinajstić information content (AvgIpc) is 2.35. The minimum absolute atomic E-state index is 0.00741. The van der Waals surface area contributed by atoms with Gasteiger partial charge in [-0.25, -0.2) is 0 Å². The monoisotopic (exact) mass is 352 g/mol. The highest BCUT2D eigenvalue weighted by atomic mass is 127. The zero-order valence-corrected chi connectivity index (χ0v) is 11.9. The third-order valence-corrected chi connectivity index (χ3v) is 3.51. The number of carbonyl (C=O) groups is 3. The smallest absolute Gasteiger partial charge is 0.222 e. The number of nitrogens with zero attached hydrogens (tertiary/aromatic N) is 1. The van der Waals surface area contributed by atoms with E-state index in [1.165, 1.54) is 0 Å². The topological polar surface area (TPSA) is 66.5 Å². The van der Waals surface area contributed by atoms with Gasteiger partial charge in [0.2, 0.25) is 11.8 Å². The van der Waals surface area contributed by atoms with Gasteiger partial charge in [0.1, 0.15) is 0 Å². The first kappa shape index (κ1) is 14.4. The number of amides is 2. The van der Waals surface area contributed by atoms with E-state index in [9.17, 15) is 14.4 Å². The lowest BCUT2D eigenvalue weighted by Gasteiger charge is -2.26. The Bertz CT molecular complexity index is 307. The van der Waals surface area contributed by atoms with Crippen molar-refractivity contribution in [3.05, 3.63) is 0 Å². The Labute approximate surface area is 114 Å². The number of hydrogen-bond acceptors (Lipinski definition) is 3. The minimum Gasteiger partial charge on any atom is -0.349 e. The summed E-state index contributed by atoms with van der Waals surface area (Å²) in [5.41, 5.74) is 0. The largest absolute Gasteiger partial charge is 0.349 e. The van der Waals surface area contributed by atoms with E-state index in [1.54, 1.807) is 4.90 Å². The lowest BCUT2D eigenvalue weighted by molar-refractivity contribution is -0.134. The second kappa shape index (κ2) is 7.62. The molecule has 0 spiro atoms. The van der Waals surface area contributed by atoms with Crippen LogP contribution in [-0.4, -0.2) is 46.6 Å². The molecule has 1 rings (SSSR count). The van der Waals surface area contributed by atoms with Crippen LogP contribution in [0.1, 0.15) is 25.7 Å². The molecular formula is C11H17IN2O3. The Morgan fingerprint density at radius 3 is 2.76 bits per heavy atom. The van der Waals surface area contributed by atoms with Gasteiger partial charge in [0.15, 0.2) is 5.78 Å². The van der Waals surface area contributed by atoms with Crippen molar-refractivity contribution in [3.8, 4) is 0 Å². The maximum atomic E-state index is 11.5. The first-order valence-corrected chi connectivity index (χ1v) is 7.28. The molecular weight excluding hydrogens is 335 g/mol. The molecule has 1 N–H and O–H groups in total. The van der Waals surface area contributed by atoms with Crippen LogP contribution in [0.3, 0.4) is 0 Å². The molecule has 6 heteroatoms. The van der Waals surface area contributed by atoms with Crippen molar-refractivity contribution in [2.24, 2.45) is 0 Å². The first-order chi connectivity index (χ1) is 8.13. The fourth-order valence-electron chi connectivity index (χ4n) is 1.67. The molecule has 0 radical (unpaired) electrons. The Morgan fingerprint density at radius 2 is 2.12 bits per heavy atom. The molecule has 0 aromatic heterocycles. The number of alkyl halides is 1. The minimum atomic E-state index is -0.165. The van der Waals surface area contributed by atoms with Crippen molar-refractivity contribution in [1.29, 1.82) is 0 Å². The zero-order chi connectivity index (χ0) is 12.7. The normalized spacial score (nSPS) is 15.8. The maximum Gasteiger partial charge on any atom is 0.222 e. The van der Waals surface area contributed by atoms with Gasteiger partial charge in [0.05, 0.1) is 11.0 Å². The van der Waals surface area contributed by atoms with Gasteiger partial charge < -0.3 is 10.2 Å². The van der Waals surface area contributed by atoms with Gasteiger partial charge in [0, 0.05) is 25.9 Å². The van der Waals surface area contributed by atoms with E-state index in [4.69, 9.17) is 0 Å². The van der Waals surface area contributed by atoms with Crippen molar-refractivity contribution in [2.75, 3.05) is 24.1 Å². The molecule has 0 aromatic rings. The first-order valence-electron chi connectivity index (χ1n) is 5.75. The summed E-state index contributed by atoms with van der Waals surface area (Å²) in [6.07, 6.45) is 2.83. The van der Waals surface area contributed by atoms with Crippen molar-refractivity contribution in [1.82, 2.24) is 10.2 Å². The van der Waals surface area contributed by atoms with E-state index in [-0.39, 0.29) is 30.6 Å². The molecule has 96 valence electrons. The fourth-order valence-corrected chi connectivity index (χ4v) is 1.94. The number of likely N-dealkylation sites (tertiary alicyclic amines) is 1. The van der Waals surface area contributed by atoms with Gasteiger partial charge >= 0.3 is 0 Å². The lowest BCUT2D eigenvalue weighted by atomic mass is 10.1. The number of ketones is 1. The summed E-state index contributed by atoms with van der Waals surface area (Å²) in [4.78, 5) is 35.6. The van der Waals surface area contributed by atoms with Crippen molar-refractivity contribution < 1.29 is 14.4 Å². The average molecular weight is 352 g/mol. The zero-order valence-electron chi connectivity index (χ0n) is 9.71. The molecule has 5 nitrogen and oxygen atoms in total. The van der Waals surface area contributed by atoms with Gasteiger partial charge in [-0.15, -0.1) is 0 Å². The van der Waals surface area contributed by atoms with Crippen LogP contribution in [0.4, 0.5) is 0 Å². The Balaban J connectivity index is 2.18. The molecule has 0 bridgehead atoms. The van der Waals surface area contributed by atoms with Crippen molar-refractivity contribution in [2.45, 2.75) is 25.7 Å². The SMILES string of the molecule is O=C(CI)CNC(=O)CCN1CCCCC1=O. The number of rotatable bonds is 6. The molecule has 1 aliphatic heterocycles. The summed E-state index contributed by atoms with van der Waals surface area (Å²) in [6.45, 7) is 1.30. The highest BCUT2D eigenvalue weighted by molar-refractivity contribution is 14.1. The molecule has 1 saturated heterocycles. The predicted octanol–water partition coefficient (Wildman–Crippen LogP) is 0.509. The van der Waals surface area contributed by atoms with E-state index in [0.29, 0.717) is 17.4 Å². The Morgan fingerprint density at radius 1 is 1.35 bits per heavy atom. The van der Waals surface area contributed by atoms with Gasteiger partial charge in [-0.3, -0.25) is 14.4 Å². The van der Waals surface area contributed by atoms with Crippen molar-refractivity contribution in [3.63, 3.8) is 0 Å². The summed E-state index contributed by atoms with van der Waals surface area (Å²) < 4.78 is 0.405. The van der Waals surface area contributed by atoms with Gasteiger partial charge in [0.25, 0.3) is 0 Å². The van der Waals surface area contributed by atoms with Crippen LogP contribution in [0, 0.1) is 0 Å². The number of halogens is 1. The molecule has 17 heavy (non-hydrogen) atoms. The molecule has 0 saturated carbocycles. The third-order valence-electron chi connectivity index (χ3n) is 2.66. The summed E-state index contributed by atoms with van der Waals surface area (Å²) >= 11 is 1.97. The Hall–Kier alpha value is -0.660. The van der Waals surface area contributed by atoms with Gasteiger partial charge in [-0.2, -0.15) is 0 Å². The molecule has 0 atom stereocenters. The van der Waals surface area contributed by atoms with E-state index >= 15 is 0 Å². The van der Waals surface area contributed by atoms with Crippen molar-refractivity contribution >= 4 is 40.2 Å². The number of hydrogen-bond donors (Lipinski definition) is 1. The number of carbonyl (C=O) groups excluding carboxylic acids is 3. The van der Waals surface area contributed by atoms with E-state index in [2.05, 4.69) is 5.32 Å². The summed E-state index contributed by atoms with van der Waals surface area (Å²) in [7, 11) is 0. The highest BCUT2D eigenvalue weighted by Crippen LogP contribution is 2.10. The number of nitrogens with one attached hydrogen (secondary N) is 1. The maximum absolute atomic E-state index is 11.5. The van der Waals surface area contributed by atoms with Gasteiger partial charge in [-0.05, 0) is 12.8 Å². The van der Waals surface area contributed by atoms with Crippen LogP contribution >= 0.6 is 22.6 Å². The predicted molar refractivity (Wildman–Crippen MR) is 72.0 cm³/mol. The second-order valence-corrected chi connectivity index (χ2v) is 4.80. The van der Waals surface area contributed by atoms with E-state index < -0.39 is 0 Å². The van der Waals surface area contributed by atoms with Crippen LogP contribution in [0.5, 0.6) is 0 Å². The molecule has 2 amide bonds. The van der Waals surface area contributed by atoms with Crippen LogP contribution in [-0.2, 0) is 14.4 Å². The number of Topliss-reactive ketones (excluding diaryl/α,β-unsaturated/α-hetero) is 1. The summed E-state index contributed by atoms with van der Waals surface area (Å²) in [5.74, 6) is -0.0260. The fraction of sp³-hybridized carbons (Fsp3) is 0.727. The highest BCUT2D eigenvalue weighted by Gasteiger charge is 2.18. The van der Waals surface area contributed by atoms with E-state index in [0.717, 1.165) is 19.4 Å². The third kappa shape index (κ3) is 5.47. The quantitative estimate of drug-likeness (QED) is 0.560. The molecule has 1 fully saturated rings. The van der Waals surface area contributed by atoms with Crippen LogP contribution in [0.15, 0.2) is 0 Å². The Kier molecular flexibility index (Phi) is 6.46. The summed E-state index contributed by atoms with van der Waals surface area (Å²) in [5, 5.41) is 2.56. The molecule has 0 unspecified atom stereocenters. The molecule has 1 heterocycles. The second-order valence-electron chi connectivity index (χ2n) is 4.04. The standard InChI is InChI=1S/C11H17IN2O3/c12-7-9(15)8-13-10(16)4-6-14-5-2-1-3-11(14)17/h1-8H2,(H,13,16). The van der Waals surface area contributed by atoms with Gasteiger partial charge in [-0.1, -0.05) is 22.6 Å². The number of piperidine rings is 1. The lowest BCUT2D eigenvalue weighted by Crippen LogP contribution is -2.39. The summed E-state index contributed by atoms with van der Waals surface area (Å²) in [6, 6.07) is 0. The van der Waals surface area contributed by atoms with E-state index in [1.807, 2.05) is 22.6 Å². The van der Waals surface area contributed by atoms with Crippen LogP contribution < -0.4 is 5.32 Å². The van der Waals surface area contributed by atoms with Crippen LogP contribution in [0.2, 0.25) is 0 Å².